The summed E-state index contributed by atoms with van der Waals surface area (Å²) >= 11 is 5.42. The molecule has 150 valence electrons. The van der Waals surface area contributed by atoms with Gasteiger partial charge in [0.2, 0.25) is 11.8 Å². The Morgan fingerprint density at radius 2 is 1.96 bits per heavy atom. The van der Waals surface area contributed by atoms with Crippen molar-refractivity contribution in [3.63, 3.8) is 0 Å². The minimum absolute atomic E-state index is 0.145. The third-order valence-electron chi connectivity index (χ3n) is 4.35. The van der Waals surface area contributed by atoms with E-state index in [2.05, 4.69) is 48.2 Å². The van der Waals surface area contributed by atoms with Crippen molar-refractivity contribution in [3.05, 3.63) is 36.4 Å². The predicted octanol–water partition coefficient (Wildman–Crippen LogP) is 4.59. The smallest absolute Gasteiger partial charge is 0.234 e. The van der Waals surface area contributed by atoms with Gasteiger partial charge in [0.15, 0.2) is 5.11 Å². The van der Waals surface area contributed by atoms with Crippen molar-refractivity contribution in [1.82, 2.24) is 15.3 Å². The molecule has 7 heteroatoms. The first-order valence-electron chi connectivity index (χ1n) is 9.74. The van der Waals surface area contributed by atoms with E-state index in [9.17, 15) is 0 Å². The lowest BCUT2D eigenvalue weighted by Gasteiger charge is -2.32. The van der Waals surface area contributed by atoms with E-state index in [4.69, 9.17) is 21.9 Å². The Morgan fingerprint density at radius 3 is 2.64 bits per heavy atom. The van der Waals surface area contributed by atoms with Crippen LogP contribution in [0.1, 0.15) is 40.5 Å². The molecule has 2 N–H and O–H groups in total. The number of aromatic nitrogens is 2. The molecule has 0 saturated carbocycles. The van der Waals surface area contributed by atoms with Crippen molar-refractivity contribution < 1.29 is 4.74 Å². The average Bonchev–Trinajstić information content (AvgIpc) is 2.60. The molecule has 28 heavy (non-hydrogen) atoms. The maximum atomic E-state index is 5.98. The minimum Gasteiger partial charge on any atom is -0.439 e. The van der Waals surface area contributed by atoms with Gasteiger partial charge in [-0.2, -0.15) is 9.97 Å². The molecule has 0 bridgehead atoms. The third kappa shape index (κ3) is 6.05. The lowest BCUT2D eigenvalue weighted by Crippen LogP contribution is -2.43. The third-order valence-corrected chi connectivity index (χ3v) is 4.55. The van der Waals surface area contributed by atoms with Crippen LogP contribution in [0.3, 0.4) is 0 Å². The van der Waals surface area contributed by atoms with Gasteiger partial charge in [0.1, 0.15) is 11.6 Å². The number of anilines is 2. The number of hydrogen-bond donors (Lipinski definition) is 2. The molecule has 2 heterocycles. The number of piperidine rings is 1. The van der Waals surface area contributed by atoms with Crippen molar-refractivity contribution in [2.24, 2.45) is 5.92 Å². The van der Waals surface area contributed by atoms with Crippen molar-refractivity contribution in [3.8, 4) is 11.6 Å². The molecule has 6 nitrogen and oxygen atoms in total. The summed E-state index contributed by atoms with van der Waals surface area (Å²) in [5.74, 6) is 3.16. The Morgan fingerprint density at radius 1 is 1.21 bits per heavy atom. The zero-order valence-corrected chi connectivity index (χ0v) is 17.8. The lowest BCUT2D eigenvalue weighted by molar-refractivity contribution is 0.440. The molecule has 1 atom stereocenters. The standard InChI is InChI=1S/C21H29N5OS/c1-15-9-8-12-26(14-15)17-13-18(27-16-10-6-5-7-11-16)23-19(22-17)24-20(28)25-21(2,3)4/h5-7,10-11,13,15H,8-9,12,14H2,1-4H3,(H2,22,23,24,25,28). The highest BCUT2D eigenvalue weighted by atomic mass is 32.1. The first kappa shape index (κ1) is 20.3. The highest BCUT2D eigenvalue weighted by Gasteiger charge is 2.20. The summed E-state index contributed by atoms with van der Waals surface area (Å²) in [5.41, 5.74) is -0.145. The van der Waals surface area contributed by atoms with Gasteiger partial charge in [-0.05, 0) is 63.9 Å². The van der Waals surface area contributed by atoms with Gasteiger partial charge in [-0.25, -0.2) is 0 Å². The monoisotopic (exact) mass is 399 g/mol. The van der Waals surface area contributed by atoms with Gasteiger partial charge in [-0.3, -0.25) is 0 Å². The second-order valence-corrected chi connectivity index (χ2v) is 8.73. The summed E-state index contributed by atoms with van der Waals surface area (Å²) in [4.78, 5) is 11.5. The Labute approximate surface area is 172 Å². The molecule has 0 amide bonds. The van der Waals surface area contributed by atoms with Gasteiger partial charge in [-0.1, -0.05) is 25.1 Å². The van der Waals surface area contributed by atoms with Crippen LogP contribution in [0.15, 0.2) is 36.4 Å². The van der Waals surface area contributed by atoms with Crippen molar-refractivity contribution in [2.45, 2.75) is 46.1 Å². The van der Waals surface area contributed by atoms with Crippen LogP contribution in [0.4, 0.5) is 11.8 Å². The fourth-order valence-corrected chi connectivity index (χ4v) is 3.56. The van der Waals surface area contributed by atoms with Crippen LogP contribution in [-0.2, 0) is 0 Å². The Balaban J connectivity index is 1.86. The van der Waals surface area contributed by atoms with Crippen LogP contribution in [0.5, 0.6) is 11.6 Å². The van der Waals surface area contributed by atoms with E-state index in [0.29, 0.717) is 22.9 Å². The molecule has 1 fully saturated rings. The van der Waals surface area contributed by atoms with E-state index in [-0.39, 0.29) is 5.54 Å². The summed E-state index contributed by atoms with van der Waals surface area (Å²) in [7, 11) is 0. The topological polar surface area (TPSA) is 62.3 Å². The second-order valence-electron chi connectivity index (χ2n) is 8.33. The summed E-state index contributed by atoms with van der Waals surface area (Å²) < 4.78 is 5.98. The lowest BCUT2D eigenvalue weighted by atomic mass is 10.0. The fourth-order valence-electron chi connectivity index (χ4n) is 3.16. The van der Waals surface area contributed by atoms with Crippen LogP contribution in [-0.4, -0.2) is 33.7 Å². The number of ether oxygens (including phenoxy) is 1. The van der Waals surface area contributed by atoms with Crippen LogP contribution in [0, 0.1) is 5.92 Å². The predicted molar refractivity (Wildman–Crippen MR) is 118 cm³/mol. The molecule has 1 aliphatic heterocycles. The second kappa shape index (κ2) is 8.73. The molecule has 1 aromatic carbocycles. The summed E-state index contributed by atoms with van der Waals surface area (Å²) in [6.45, 7) is 10.4. The highest BCUT2D eigenvalue weighted by Crippen LogP contribution is 2.27. The molecule has 1 aromatic heterocycles. The Kier molecular flexibility index (Phi) is 6.34. The van der Waals surface area contributed by atoms with Crippen molar-refractivity contribution in [2.75, 3.05) is 23.3 Å². The first-order valence-corrected chi connectivity index (χ1v) is 10.2. The van der Waals surface area contributed by atoms with Gasteiger partial charge in [-0.15, -0.1) is 0 Å². The fraction of sp³-hybridized carbons (Fsp3) is 0.476. The minimum atomic E-state index is -0.145. The van der Waals surface area contributed by atoms with Crippen molar-refractivity contribution >= 4 is 29.1 Å². The maximum Gasteiger partial charge on any atom is 0.234 e. The first-order chi connectivity index (χ1) is 13.3. The van der Waals surface area contributed by atoms with E-state index >= 15 is 0 Å². The number of para-hydroxylation sites is 1. The zero-order valence-electron chi connectivity index (χ0n) is 17.0. The van der Waals surface area contributed by atoms with Gasteiger partial charge >= 0.3 is 0 Å². The van der Waals surface area contributed by atoms with E-state index in [1.165, 1.54) is 6.42 Å². The number of hydrogen-bond acceptors (Lipinski definition) is 5. The number of rotatable bonds is 4. The quantitative estimate of drug-likeness (QED) is 0.729. The molecule has 0 radical (unpaired) electrons. The van der Waals surface area contributed by atoms with Crippen LogP contribution in [0.2, 0.25) is 0 Å². The average molecular weight is 400 g/mol. The molecule has 1 aliphatic rings. The molecule has 0 aliphatic carbocycles. The largest absolute Gasteiger partial charge is 0.439 e. The molecular weight excluding hydrogens is 370 g/mol. The molecule has 1 unspecified atom stereocenters. The molecular formula is C21H29N5OS. The zero-order chi connectivity index (χ0) is 20.1. The molecule has 2 aromatic rings. The summed E-state index contributed by atoms with van der Waals surface area (Å²) in [6, 6.07) is 11.5. The van der Waals surface area contributed by atoms with Crippen LogP contribution in [0.25, 0.3) is 0 Å². The van der Waals surface area contributed by atoms with E-state index in [1.807, 2.05) is 36.4 Å². The van der Waals surface area contributed by atoms with Gasteiger partial charge in [0, 0.05) is 24.7 Å². The Bertz CT molecular complexity index is 806. The van der Waals surface area contributed by atoms with Crippen molar-refractivity contribution in [1.29, 1.82) is 0 Å². The van der Waals surface area contributed by atoms with Crippen LogP contribution < -0.4 is 20.3 Å². The van der Waals surface area contributed by atoms with Gasteiger partial charge < -0.3 is 20.3 Å². The SMILES string of the molecule is CC1CCCN(c2cc(Oc3ccccc3)nc(NC(=S)NC(C)(C)C)n2)C1. The normalized spacial score (nSPS) is 17.1. The maximum absolute atomic E-state index is 5.98. The number of benzene rings is 1. The highest BCUT2D eigenvalue weighted by molar-refractivity contribution is 7.80. The van der Waals surface area contributed by atoms with Gasteiger partial charge in [0.05, 0.1) is 0 Å². The number of thiocarbonyl (C=S) groups is 1. The van der Waals surface area contributed by atoms with E-state index in [1.54, 1.807) is 0 Å². The molecule has 0 spiro atoms. The summed E-state index contributed by atoms with van der Waals surface area (Å²) in [6.07, 6.45) is 2.41. The number of nitrogens with zero attached hydrogens (tertiary/aromatic N) is 3. The molecule has 1 saturated heterocycles. The summed E-state index contributed by atoms with van der Waals surface area (Å²) in [5, 5.41) is 6.82. The Hall–Kier alpha value is -2.41. The van der Waals surface area contributed by atoms with Gasteiger partial charge in [0.25, 0.3) is 0 Å². The van der Waals surface area contributed by atoms with Crippen LogP contribution >= 0.6 is 12.2 Å². The van der Waals surface area contributed by atoms with E-state index < -0.39 is 0 Å². The van der Waals surface area contributed by atoms with E-state index in [0.717, 1.165) is 31.1 Å². The number of nitrogens with one attached hydrogen (secondary N) is 2. The molecule has 3 rings (SSSR count).